The van der Waals surface area contributed by atoms with E-state index >= 15 is 0 Å². The van der Waals surface area contributed by atoms with E-state index in [2.05, 4.69) is 10.2 Å². The first-order chi connectivity index (χ1) is 12.7. The number of amides is 1. The molecule has 0 saturated heterocycles. The SMILES string of the molecule is CN(CCC#N)C(=O)CSc1nnc(-c2ccco2)n1-c1ccccc1. The largest absolute Gasteiger partial charge is 0.461 e. The summed E-state index contributed by atoms with van der Waals surface area (Å²) >= 11 is 1.30. The maximum Gasteiger partial charge on any atom is 0.232 e. The Hall–Kier alpha value is -3.05. The highest BCUT2D eigenvalue weighted by atomic mass is 32.2. The summed E-state index contributed by atoms with van der Waals surface area (Å²) < 4.78 is 7.33. The Labute approximate surface area is 155 Å². The summed E-state index contributed by atoms with van der Waals surface area (Å²) in [6.45, 7) is 0.416. The molecule has 0 saturated carbocycles. The van der Waals surface area contributed by atoms with Crippen molar-refractivity contribution in [2.75, 3.05) is 19.3 Å². The summed E-state index contributed by atoms with van der Waals surface area (Å²) in [6, 6.07) is 15.3. The van der Waals surface area contributed by atoms with Gasteiger partial charge in [0.05, 0.1) is 24.5 Å². The molecule has 7 nitrogen and oxygen atoms in total. The van der Waals surface area contributed by atoms with Crippen LogP contribution in [0.2, 0.25) is 0 Å². The van der Waals surface area contributed by atoms with Crippen molar-refractivity contribution in [2.45, 2.75) is 11.6 Å². The van der Waals surface area contributed by atoms with Crippen LogP contribution in [0.1, 0.15) is 6.42 Å². The molecule has 0 atom stereocenters. The van der Waals surface area contributed by atoms with Gasteiger partial charge in [-0.1, -0.05) is 30.0 Å². The van der Waals surface area contributed by atoms with E-state index in [0.717, 1.165) is 5.69 Å². The molecule has 0 N–H and O–H groups in total. The van der Waals surface area contributed by atoms with Crippen LogP contribution in [-0.4, -0.2) is 44.9 Å². The second-order valence-electron chi connectivity index (χ2n) is 5.47. The molecule has 0 aliphatic carbocycles. The number of hydrogen-bond donors (Lipinski definition) is 0. The van der Waals surface area contributed by atoms with E-state index in [1.807, 2.05) is 47.0 Å². The number of furan rings is 1. The monoisotopic (exact) mass is 367 g/mol. The average Bonchev–Trinajstić information content (AvgIpc) is 3.34. The number of rotatable bonds is 7. The number of carbonyl (C=O) groups excluding carboxylic acids is 1. The number of nitriles is 1. The van der Waals surface area contributed by atoms with E-state index in [1.54, 1.807) is 24.3 Å². The lowest BCUT2D eigenvalue weighted by Gasteiger charge is -2.15. The van der Waals surface area contributed by atoms with Gasteiger partial charge in [-0.05, 0) is 24.3 Å². The molecular formula is C18H17N5O2S. The van der Waals surface area contributed by atoms with Crippen molar-refractivity contribution in [3.63, 3.8) is 0 Å². The molecule has 2 heterocycles. The lowest BCUT2D eigenvalue weighted by Crippen LogP contribution is -2.29. The molecule has 132 valence electrons. The Morgan fingerprint density at radius 3 is 2.77 bits per heavy atom. The molecule has 0 aliphatic heterocycles. The van der Waals surface area contributed by atoms with Crippen molar-refractivity contribution >= 4 is 17.7 Å². The highest BCUT2D eigenvalue weighted by Gasteiger charge is 2.19. The summed E-state index contributed by atoms with van der Waals surface area (Å²) in [7, 11) is 1.69. The highest BCUT2D eigenvalue weighted by Crippen LogP contribution is 2.28. The molecule has 2 aromatic heterocycles. The summed E-state index contributed by atoms with van der Waals surface area (Å²) in [6.07, 6.45) is 1.90. The maximum atomic E-state index is 12.2. The fraction of sp³-hybridized carbons (Fsp3) is 0.222. The lowest BCUT2D eigenvalue weighted by molar-refractivity contribution is -0.127. The molecule has 0 spiro atoms. The number of aromatic nitrogens is 3. The van der Waals surface area contributed by atoms with Gasteiger partial charge in [0.2, 0.25) is 11.7 Å². The second kappa shape index (κ2) is 8.36. The van der Waals surface area contributed by atoms with E-state index in [0.29, 0.717) is 29.7 Å². The molecular weight excluding hydrogens is 350 g/mol. The zero-order valence-electron chi connectivity index (χ0n) is 14.2. The van der Waals surface area contributed by atoms with Crippen LogP contribution in [0.5, 0.6) is 0 Å². The molecule has 26 heavy (non-hydrogen) atoms. The van der Waals surface area contributed by atoms with Crippen molar-refractivity contribution in [3.8, 4) is 23.3 Å². The molecule has 0 fully saturated rings. The fourth-order valence-corrected chi connectivity index (χ4v) is 3.21. The minimum absolute atomic E-state index is 0.0626. The highest BCUT2D eigenvalue weighted by molar-refractivity contribution is 7.99. The third kappa shape index (κ3) is 3.95. The van der Waals surface area contributed by atoms with Gasteiger partial charge in [0.1, 0.15) is 0 Å². The average molecular weight is 367 g/mol. The maximum absolute atomic E-state index is 12.2. The summed E-state index contributed by atoms with van der Waals surface area (Å²) in [5, 5.41) is 17.7. The van der Waals surface area contributed by atoms with Crippen LogP contribution in [0, 0.1) is 11.3 Å². The smallest absolute Gasteiger partial charge is 0.232 e. The van der Waals surface area contributed by atoms with Crippen molar-refractivity contribution in [3.05, 3.63) is 48.7 Å². The molecule has 1 aromatic carbocycles. The molecule has 0 radical (unpaired) electrons. The number of carbonyl (C=O) groups is 1. The van der Waals surface area contributed by atoms with Crippen LogP contribution in [-0.2, 0) is 4.79 Å². The zero-order valence-corrected chi connectivity index (χ0v) is 15.0. The Balaban J connectivity index is 1.84. The quantitative estimate of drug-likeness (QED) is 0.597. The van der Waals surface area contributed by atoms with E-state index in [9.17, 15) is 4.79 Å². The van der Waals surface area contributed by atoms with E-state index in [-0.39, 0.29) is 11.7 Å². The van der Waals surface area contributed by atoms with Crippen LogP contribution in [0.3, 0.4) is 0 Å². The molecule has 0 unspecified atom stereocenters. The first-order valence-electron chi connectivity index (χ1n) is 7.99. The van der Waals surface area contributed by atoms with Gasteiger partial charge in [0.25, 0.3) is 0 Å². The van der Waals surface area contributed by atoms with Gasteiger partial charge in [-0.3, -0.25) is 9.36 Å². The molecule has 1 amide bonds. The Morgan fingerprint density at radius 1 is 1.27 bits per heavy atom. The van der Waals surface area contributed by atoms with Crippen molar-refractivity contribution in [1.82, 2.24) is 19.7 Å². The second-order valence-corrected chi connectivity index (χ2v) is 6.41. The first-order valence-corrected chi connectivity index (χ1v) is 8.97. The molecule has 0 aliphatic rings. The van der Waals surface area contributed by atoms with Crippen molar-refractivity contribution < 1.29 is 9.21 Å². The minimum Gasteiger partial charge on any atom is -0.461 e. The Bertz CT molecular complexity index is 900. The van der Waals surface area contributed by atoms with Crippen LogP contribution < -0.4 is 0 Å². The minimum atomic E-state index is -0.0626. The van der Waals surface area contributed by atoms with Crippen LogP contribution >= 0.6 is 11.8 Å². The number of benzene rings is 1. The van der Waals surface area contributed by atoms with Crippen molar-refractivity contribution in [1.29, 1.82) is 5.26 Å². The van der Waals surface area contributed by atoms with Gasteiger partial charge < -0.3 is 9.32 Å². The summed E-state index contributed by atoms with van der Waals surface area (Å²) in [5.74, 6) is 1.33. The predicted molar refractivity (Wildman–Crippen MR) is 97.7 cm³/mol. The number of para-hydroxylation sites is 1. The third-order valence-corrected chi connectivity index (χ3v) is 4.61. The van der Waals surface area contributed by atoms with Crippen LogP contribution in [0.4, 0.5) is 0 Å². The standard InChI is InChI=1S/C18H17N5O2S/c1-22(11-6-10-19)16(24)13-26-18-21-20-17(15-9-5-12-25-15)23(18)14-7-3-2-4-8-14/h2-5,7-9,12H,6,11,13H2,1H3. The van der Waals surface area contributed by atoms with E-state index in [4.69, 9.17) is 9.68 Å². The lowest BCUT2D eigenvalue weighted by atomic mass is 10.3. The molecule has 3 aromatic rings. The number of hydrogen-bond acceptors (Lipinski definition) is 6. The normalized spacial score (nSPS) is 10.5. The van der Waals surface area contributed by atoms with Gasteiger partial charge in [-0.15, -0.1) is 10.2 Å². The Morgan fingerprint density at radius 2 is 2.08 bits per heavy atom. The molecule has 0 bridgehead atoms. The van der Waals surface area contributed by atoms with Crippen LogP contribution in [0.25, 0.3) is 17.3 Å². The summed E-state index contributed by atoms with van der Waals surface area (Å²) in [4.78, 5) is 13.8. The van der Waals surface area contributed by atoms with Gasteiger partial charge in [0.15, 0.2) is 10.9 Å². The fourth-order valence-electron chi connectivity index (χ4n) is 2.32. The van der Waals surface area contributed by atoms with Gasteiger partial charge in [0, 0.05) is 19.3 Å². The van der Waals surface area contributed by atoms with E-state index < -0.39 is 0 Å². The molecule has 3 rings (SSSR count). The van der Waals surface area contributed by atoms with Crippen molar-refractivity contribution in [2.24, 2.45) is 0 Å². The zero-order chi connectivity index (χ0) is 18.4. The van der Waals surface area contributed by atoms with Gasteiger partial charge in [-0.25, -0.2) is 0 Å². The van der Waals surface area contributed by atoms with E-state index in [1.165, 1.54) is 11.8 Å². The third-order valence-electron chi connectivity index (χ3n) is 3.70. The predicted octanol–water partition coefficient (Wildman–Crippen LogP) is 2.99. The number of nitrogens with zero attached hydrogens (tertiary/aromatic N) is 5. The molecule has 8 heteroatoms. The number of thioether (sulfide) groups is 1. The van der Waals surface area contributed by atoms with Crippen LogP contribution in [0.15, 0.2) is 58.3 Å². The van der Waals surface area contributed by atoms with Gasteiger partial charge in [-0.2, -0.15) is 5.26 Å². The van der Waals surface area contributed by atoms with Gasteiger partial charge >= 0.3 is 0 Å². The Kier molecular flexibility index (Phi) is 5.71. The first kappa shape index (κ1) is 17.8. The topological polar surface area (TPSA) is 87.9 Å². The summed E-state index contributed by atoms with van der Waals surface area (Å²) in [5.41, 5.74) is 0.886.